The molecular weight excluding hydrogens is 140 g/mol. The molecule has 0 aliphatic rings. The van der Waals surface area contributed by atoms with Gasteiger partial charge in [-0.1, -0.05) is 0 Å². The number of nitrogens with zero attached hydrogens (tertiary/aromatic N) is 1. The maximum Gasteiger partial charge on any atom is 0.203 e. The minimum Gasteiger partial charge on any atom is -0.619 e. The lowest BCUT2D eigenvalue weighted by Gasteiger charge is -2.07. The van der Waals surface area contributed by atoms with Crippen molar-refractivity contribution in [1.29, 1.82) is 0 Å². The van der Waals surface area contributed by atoms with Gasteiger partial charge < -0.3 is 10.5 Å². The van der Waals surface area contributed by atoms with Gasteiger partial charge >= 0.3 is 0 Å². The SMILES string of the molecule is CC(C)Nc1ccc[n+]([O-])c1. The van der Waals surface area contributed by atoms with Crippen molar-refractivity contribution in [3.8, 4) is 0 Å². The van der Waals surface area contributed by atoms with Gasteiger partial charge in [0.2, 0.25) is 6.20 Å². The van der Waals surface area contributed by atoms with Crippen molar-refractivity contribution in [3.63, 3.8) is 0 Å². The van der Waals surface area contributed by atoms with Gasteiger partial charge in [-0.2, -0.15) is 4.73 Å². The van der Waals surface area contributed by atoms with Crippen LogP contribution in [-0.2, 0) is 0 Å². The van der Waals surface area contributed by atoms with Gasteiger partial charge in [-0.05, 0) is 19.9 Å². The molecule has 0 fully saturated rings. The Morgan fingerprint density at radius 3 is 2.82 bits per heavy atom. The fourth-order valence-corrected chi connectivity index (χ4v) is 0.873. The van der Waals surface area contributed by atoms with E-state index in [-0.39, 0.29) is 0 Å². The summed E-state index contributed by atoms with van der Waals surface area (Å²) >= 11 is 0. The molecule has 1 rings (SSSR count). The molecule has 0 saturated carbocycles. The maximum atomic E-state index is 10.7. The highest BCUT2D eigenvalue weighted by Crippen LogP contribution is 2.02. The first-order valence-electron chi connectivity index (χ1n) is 3.64. The molecule has 0 aromatic carbocycles. The van der Waals surface area contributed by atoms with Crippen LogP contribution in [-0.4, -0.2) is 6.04 Å². The van der Waals surface area contributed by atoms with Crippen LogP contribution in [0.15, 0.2) is 24.5 Å². The van der Waals surface area contributed by atoms with Crippen molar-refractivity contribution in [2.75, 3.05) is 5.32 Å². The molecule has 0 aliphatic carbocycles. The Bertz CT molecular complexity index is 235. The largest absolute Gasteiger partial charge is 0.619 e. The number of hydrogen-bond acceptors (Lipinski definition) is 2. The smallest absolute Gasteiger partial charge is 0.203 e. The monoisotopic (exact) mass is 152 g/mol. The number of hydrogen-bond donors (Lipinski definition) is 1. The second-order valence-electron chi connectivity index (χ2n) is 2.75. The van der Waals surface area contributed by atoms with Crippen LogP contribution >= 0.6 is 0 Å². The van der Waals surface area contributed by atoms with E-state index in [0.717, 1.165) is 10.4 Å². The summed E-state index contributed by atoms with van der Waals surface area (Å²) in [7, 11) is 0. The van der Waals surface area contributed by atoms with Gasteiger partial charge in [-0.15, -0.1) is 0 Å². The Balaban J connectivity index is 2.71. The number of rotatable bonds is 2. The Hall–Kier alpha value is -1.25. The molecule has 11 heavy (non-hydrogen) atoms. The number of nitrogens with one attached hydrogen (secondary N) is 1. The predicted molar refractivity (Wildman–Crippen MR) is 44.2 cm³/mol. The quantitative estimate of drug-likeness (QED) is 0.510. The minimum atomic E-state index is 0.359. The fraction of sp³-hybridized carbons (Fsp3) is 0.375. The number of pyridine rings is 1. The molecule has 0 bridgehead atoms. The molecule has 3 heteroatoms. The van der Waals surface area contributed by atoms with E-state index >= 15 is 0 Å². The highest BCUT2D eigenvalue weighted by molar-refractivity contribution is 5.38. The van der Waals surface area contributed by atoms with Crippen LogP contribution in [0.3, 0.4) is 0 Å². The normalized spacial score (nSPS) is 10.1. The Labute approximate surface area is 66.3 Å². The Morgan fingerprint density at radius 2 is 2.27 bits per heavy atom. The van der Waals surface area contributed by atoms with Gasteiger partial charge in [0.05, 0.1) is 0 Å². The van der Waals surface area contributed by atoms with Crippen molar-refractivity contribution in [2.45, 2.75) is 19.9 Å². The van der Waals surface area contributed by atoms with Gasteiger partial charge in [-0.3, -0.25) is 0 Å². The van der Waals surface area contributed by atoms with Crippen molar-refractivity contribution < 1.29 is 4.73 Å². The predicted octanol–water partition coefficient (Wildman–Crippen LogP) is 1.14. The molecule has 0 spiro atoms. The summed E-state index contributed by atoms with van der Waals surface area (Å²) in [6.45, 7) is 4.06. The van der Waals surface area contributed by atoms with Crippen LogP contribution in [0.2, 0.25) is 0 Å². The summed E-state index contributed by atoms with van der Waals surface area (Å²) in [5, 5.41) is 13.9. The summed E-state index contributed by atoms with van der Waals surface area (Å²) in [4.78, 5) is 0. The van der Waals surface area contributed by atoms with E-state index in [1.807, 2.05) is 19.9 Å². The van der Waals surface area contributed by atoms with E-state index in [4.69, 9.17) is 0 Å². The molecule has 0 amide bonds. The summed E-state index contributed by atoms with van der Waals surface area (Å²) in [5.74, 6) is 0. The zero-order chi connectivity index (χ0) is 8.27. The van der Waals surface area contributed by atoms with Gasteiger partial charge in [0.15, 0.2) is 6.20 Å². The van der Waals surface area contributed by atoms with E-state index in [0.29, 0.717) is 6.04 Å². The highest BCUT2D eigenvalue weighted by Gasteiger charge is 1.96. The van der Waals surface area contributed by atoms with E-state index in [1.165, 1.54) is 12.4 Å². The molecule has 0 aliphatic heterocycles. The summed E-state index contributed by atoms with van der Waals surface area (Å²) in [5.41, 5.74) is 0.859. The molecule has 0 atom stereocenters. The summed E-state index contributed by atoms with van der Waals surface area (Å²) in [6, 6.07) is 3.95. The van der Waals surface area contributed by atoms with Crippen LogP contribution < -0.4 is 10.0 Å². The Kier molecular flexibility index (Phi) is 2.31. The van der Waals surface area contributed by atoms with Crippen molar-refractivity contribution in [2.24, 2.45) is 0 Å². The summed E-state index contributed by atoms with van der Waals surface area (Å²) in [6.07, 6.45) is 2.98. The number of anilines is 1. The second-order valence-corrected chi connectivity index (χ2v) is 2.75. The van der Waals surface area contributed by atoms with Crippen LogP contribution in [0.25, 0.3) is 0 Å². The van der Waals surface area contributed by atoms with Crippen LogP contribution in [0.4, 0.5) is 5.69 Å². The zero-order valence-corrected chi connectivity index (χ0v) is 6.74. The molecule has 1 aromatic heterocycles. The highest BCUT2D eigenvalue weighted by atomic mass is 16.5. The Morgan fingerprint density at radius 1 is 1.55 bits per heavy atom. The third-order valence-electron chi connectivity index (χ3n) is 1.23. The van der Waals surface area contributed by atoms with Crippen LogP contribution in [0.1, 0.15) is 13.8 Å². The molecule has 1 N–H and O–H groups in total. The first-order valence-corrected chi connectivity index (χ1v) is 3.64. The lowest BCUT2D eigenvalue weighted by Crippen LogP contribution is -2.25. The molecule has 0 radical (unpaired) electrons. The van der Waals surface area contributed by atoms with Gasteiger partial charge in [-0.25, -0.2) is 0 Å². The third kappa shape index (κ3) is 2.45. The van der Waals surface area contributed by atoms with Gasteiger partial charge in [0, 0.05) is 12.1 Å². The molecule has 0 unspecified atom stereocenters. The second kappa shape index (κ2) is 3.23. The molecule has 3 nitrogen and oxygen atoms in total. The third-order valence-corrected chi connectivity index (χ3v) is 1.23. The molecule has 0 saturated heterocycles. The minimum absolute atomic E-state index is 0.359. The molecule has 1 heterocycles. The van der Waals surface area contributed by atoms with Crippen molar-refractivity contribution >= 4 is 5.69 Å². The topological polar surface area (TPSA) is 39.0 Å². The van der Waals surface area contributed by atoms with Crippen molar-refractivity contribution in [3.05, 3.63) is 29.7 Å². The van der Waals surface area contributed by atoms with Crippen molar-refractivity contribution in [1.82, 2.24) is 0 Å². The summed E-state index contributed by atoms with van der Waals surface area (Å²) < 4.78 is 0.782. The first kappa shape index (κ1) is 7.85. The van der Waals surface area contributed by atoms with E-state index in [1.54, 1.807) is 6.07 Å². The van der Waals surface area contributed by atoms with Crippen LogP contribution in [0.5, 0.6) is 0 Å². The average Bonchev–Trinajstić information content (AvgIpc) is 1.85. The zero-order valence-electron chi connectivity index (χ0n) is 6.74. The standard InChI is InChI=1S/C8H12N2O/c1-7(2)9-8-4-3-5-10(11)6-8/h3-7,9H,1-2H3. The lowest BCUT2D eigenvalue weighted by molar-refractivity contribution is -0.604. The fourth-order valence-electron chi connectivity index (χ4n) is 0.873. The first-order chi connectivity index (χ1) is 5.18. The number of aromatic nitrogens is 1. The lowest BCUT2D eigenvalue weighted by atomic mass is 10.3. The molecule has 60 valence electrons. The van der Waals surface area contributed by atoms with Crippen LogP contribution in [0, 0.1) is 5.21 Å². The van der Waals surface area contributed by atoms with E-state index < -0.39 is 0 Å². The van der Waals surface area contributed by atoms with Gasteiger partial charge in [0.25, 0.3) is 0 Å². The molecule has 1 aromatic rings. The average molecular weight is 152 g/mol. The van der Waals surface area contributed by atoms with E-state index in [2.05, 4.69) is 5.32 Å². The molecular formula is C8H12N2O. The van der Waals surface area contributed by atoms with Gasteiger partial charge in [0.1, 0.15) is 5.69 Å². The van der Waals surface area contributed by atoms with E-state index in [9.17, 15) is 5.21 Å². The maximum absolute atomic E-state index is 10.7.